The fourth-order valence-corrected chi connectivity index (χ4v) is 5.38. The van der Waals surface area contributed by atoms with Crippen molar-refractivity contribution in [2.24, 2.45) is 11.3 Å². The van der Waals surface area contributed by atoms with Gasteiger partial charge in [0, 0.05) is 24.5 Å². The second-order valence-corrected chi connectivity index (χ2v) is 8.93. The van der Waals surface area contributed by atoms with E-state index in [0.29, 0.717) is 17.2 Å². The van der Waals surface area contributed by atoms with Crippen molar-refractivity contribution >= 4 is 5.91 Å². The quantitative estimate of drug-likeness (QED) is 0.829. The second-order valence-electron chi connectivity index (χ2n) is 8.93. The van der Waals surface area contributed by atoms with E-state index in [0.717, 1.165) is 25.9 Å². The molecule has 1 amide bonds. The van der Waals surface area contributed by atoms with Crippen molar-refractivity contribution in [3.05, 3.63) is 35.9 Å². The van der Waals surface area contributed by atoms with Gasteiger partial charge in [-0.15, -0.1) is 0 Å². The monoisotopic (exact) mass is 340 g/mol. The number of carbonyl (C=O) groups excluding carboxylic acids is 1. The van der Waals surface area contributed by atoms with Gasteiger partial charge in [0.05, 0.1) is 0 Å². The van der Waals surface area contributed by atoms with Gasteiger partial charge in [0.1, 0.15) is 0 Å². The Labute approximate surface area is 152 Å². The molecule has 0 aromatic heterocycles. The van der Waals surface area contributed by atoms with Crippen molar-refractivity contribution in [2.45, 2.75) is 56.9 Å². The van der Waals surface area contributed by atoms with Crippen LogP contribution in [0, 0.1) is 11.3 Å². The van der Waals surface area contributed by atoms with Crippen LogP contribution in [0.3, 0.4) is 0 Å². The highest BCUT2D eigenvalue weighted by atomic mass is 16.2. The molecule has 1 aliphatic heterocycles. The summed E-state index contributed by atoms with van der Waals surface area (Å²) in [7, 11) is 4.46. The highest BCUT2D eigenvalue weighted by Crippen LogP contribution is 2.52. The maximum absolute atomic E-state index is 12.6. The third-order valence-corrected chi connectivity index (χ3v) is 7.51. The van der Waals surface area contributed by atoms with Crippen molar-refractivity contribution in [1.82, 2.24) is 9.80 Å². The lowest BCUT2D eigenvalue weighted by Crippen LogP contribution is -2.48. The van der Waals surface area contributed by atoms with E-state index < -0.39 is 0 Å². The maximum Gasteiger partial charge on any atom is 0.225 e. The molecule has 1 saturated heterocycles. The molecular weight excluding hydrogens is 308 g/mol. The Bertz CT molecular complexity index is 612. The molecule has 0 N–H and O–H groups in total. The van der Waals surface area contributed by atoms with Crippen LogP contribution in [0.2, 0.25) is 0 Å². The van der Waals surface area contributed by atoms with Crippen molar-refractivity contribution in [1.29, 1.82) is 0 Å². The molecule has 25 heavy (non-hydrogen) atoms. The molecule has 0 atom stereocenters. The molecule has 2 aliphatic carbocycles. The number of benzene rings is 1. The average molecular weight is 341 g/mol. The fraction of sp³-hybridized carbons (Fsp3) is 0.682. The van der Waals surface area contributed by atoms with Gasteiger partial charge >= 0.3 is 0 Å². The summed E-state index contributed by atoms with van der Waals surface area (Å²) in [4.78, 5) is 17.3. The number of nitrogens with zero attached hydrogens (tertiary/aromatic N) is 2. The minimum Gasteiger partial charge on any atom is -0.342 e. The Morgan fingerprint density at radius 3 is 2.28 bits per heavy atom. The van der Waals surface area contributed by atoms with E-state index in [2.05, 4.69) is 54.2 Å². The SMILES string of the molecule is CN(C)C1(c2ccccc2)CCC2(CCN(C(=O)C3CCC3)C2)CC1. The number of hydrogen-bond acceptors (Lipinski definition) is 2. The minimum atomic E-state index is 0.165. The smallest absolute Gasteiger partial charge is 0.225 e. The van der Waals surface area contributed by atoms with Crippen LogP contribution >= 0.6 is 0 Å². The summed E-state index contributed by atoms with van der Waals surface area (Å²) in [6.07, 6.45) is 9.61. The van der Waals surface area contributed by atoms with Gasteiger partial charge in [-0.25, -0.2) is 0 Å². The molecule has 3 heteroatoms. The van der Waals surface area contributed by atoms with E-state index in [1.807, 2.05) is 0 Å². The lowest BCUT2D eigenvalue weighted by Gasteiger charge is -2.49. The van der Waals surface area contributed by atoms with Crippen molar-refractivity contribution in [3.63, 3.8) is 0 Å². The Morgan fingerprint density at radius 2 is 1.72 bits per heavy atom. The van der Waals surface area contributed by atoms with E-state index in [9.17, 15) is 4.79 Å². The lowest BCUT2D eigenvalue weighted by molar-refractivity contribution is -0.137. The molecule has 136 valence electrons. The Kier molecular flexibility index (Phi) is 4.39. The molecule has 1 heterocycles. The minimum absolute atomic E-state index is 0.165. The summed E-state index contributed by atoms with van der Waals surface area (Å²) in [6.45, 7) is 2.01. The van der Waals surface area contributed by atoms with E-state index in [4.69, 9.17) is 0 Å². The zero-order chi connectivity index (χ0) is 17.5. The molecule has 3 aliphatic rings. The normalized spacial score (nSPS) is 33.0. The van der Waals surface area contributed by atoms with Gasteiger partial charge in [-0.1, -0.05) is 36.8 Å². The first kappa shape index (κ1) is 17.1. The first-order chi connectivity index (χ1) is 12.0. The van der Waals surface area contributed by atoms with Gasteiger partial charge in [0.25, 0.3) is 0 Å². The van der Waals surface area contributed by atoms with Gasteiger partial charge in [-0.05, 0) is 70.0 Å². The predicted molar refractivity (Wildman–Crippen MR) is 101 cm³/mol. The van der Waals surface area contributed by atoms with E-state index in [1.165, 1.54) is 44.1 Å². The summed E-state index contributed by atoms with van der Waals surface area (Å²) in [5.74, 6) is 0.805. The molecule has 1 aromatic carbocycles. The highest BCUT2D eigenvalue weighted by molar-refractivity contribution is 5.80. The number of hydrogen-bond donors (Lipinski definition) is 0. The number of likely N-dealkylation sites (tertiary alicyclic amines) is 1. The molecule has 1 spiro atoms. The summed E-state index contributed by atoms with van der Waals surface area (Å²) >= 11 is 0. The van der Waals surface area contributed by atoms with Crippen LogP contribution < -0.4 is 0 Å². The van der Waals surface area contributed by atoms with Gasteiger partial charge in [-0.2, -0.15) is 0 Å². The van der Waals surface area contributed by atoms with Crippen molar-refractivity contribution in [2.75, 3.05) is 27.2 Å². The zero-order valence-electron chi connectivity index (χ0n) is 15.8. The van der Waals surface area contributed by atoms with Crippen LogP contribution in [-0.4, -0.2) is 42.9 Å². The molecule has 3 nitrogen and oxygen atoms in total. The van der Waals surface area contributed by atoms with Gasteiger partial charge < -0.3 is 4.90 Å². The largest absolute Gasteiger partial charge is 0.342 e. The Morgan fingerprint density at radius 1 is 1.04 bits per heavy atom. The molecule has 1 aromatic rings. The Balaban J connectivity index is 1.46. The summed E-state index contributed by atoms with van der Waals surface area (Å²) in [6, 6.07) is 11.0. The Hall–Kier alpha value is -1.35. The standard InChI is InChI=1S/C22H32N2O/c1-23(2)22(19-9-4-3-5-10-19)13-11-21(12-14-22)15-16-24(17-21)20(25)18-7-6-8-18/h3-5,9-10,18H,6-8,11-17H2,1-2H3. The third-order valence-electron chi connectivity index (χ3n) is 7.51. The molecule has 2 saturated carbocycles. The van der Waals surface area contributed by atoms with Crippen LogP contribution in [0.5, 0.6) is 0 Å². The first-order valence-electron chi connectivity index (χ1n) is 10.1. The topological polar surface area (TPSA) is 23.6 Å². The van der Waals surface area contributed by atoms with Crippen LogP contribution in [-0.2, 0) is 10.3 Å². The first-order valence-corrected chi connectivity index (χ1v) is 10.1. The summed E-state index contributed by atoms with van der Waals surface area (Å²) < 4.78 is 0. The van der Waals surface area contributed by atoms with Gasteiger partial charge in [0.2, 0.25) is 5.91 Å². The maximum atomic E-state index is 12.6. The molecule has 0 unspecified atom stereocenters. The summed E-state index contributed by atoms with van der Waals surface area (Å²) in [5.41, 5.74) is 2.00. The molecule has 0 radical (unpaired) electrons. The van der Waals surface area contributed by atoms with Crippen LogP contribution in [0.25, 0.3) is 0 Å². The van der Waals surface area contributed by atoms with Crippen molar-refractivity contribution < 1.29 is 4.79 Å². The van der Waals surface area contributed by atoms with Crippen molar-refractivity contribution in [3.8, 4) is 0 Å². The predicted octanol–water partition coefficient (Wildman–Crippen LogP) is 4.04. The van der Waals surface area contributed by atoms with Crippen LogP contribution in [0.1, 0.15) is 56.9 Å². The molecule has 0 bridgehead atoms. The number of rotatable bonds is 3. The van der Waals surface area contributed by atoms with Gasteiger partial charge in [0.15, 0.2) is 0 Å². The van der Waals surface area contributed by atoms with E-state index >= 15 is 0 Å². The number of carbonyl (C=O) groups is 1. The molecule has 4 rings (SSSR count). The molecular formula is C22H32N2O. The van der Waals surface area contributed by atoms with E-state index in [-0.39, 0.29) is 5.54 Å². The van der Waals surface area contributed by atoms with Gasteiger partial charge in [-0.3, -0.25) is 9.69 Å². The fourth-order valence-electron chi connectivity index (χ4n) is 5.38. The second kappa shape index (κ2) is 6.42. The highest BCUT2D eigenvalue weighted by Gasteiger charge is 2.49. The number of amides is 1. The van der Waals surface area contributed by atoms with Crippen LogP contribution in [0.4, 0.5) is 0 Å². The summed E-state index contributed by atoms with van der Waals surface area (Å²) in [5, 5.41) is 0. The van der Waals surface area contributed by atoms with E-state index in [1.54, 1.807) is 0 Å². The average Bonchev–Trinajstić information content (AvgIpc) is 2.99. The lowest BCUT2D eigenvalue weighted by atomic mass is 9.64. The molecule has 3 fully saturated rings. The zero-order valence-corrected chi connectivity index (χ0v) is 15.8. The van der Waals surface area contributed by atoms with Crippen LogP contribution in [0.15, 0.2) is 30.3 Å². The third kappa shape index (κ3) is 2.91.